The average Bonchev–Trinajstić information content (AvgIpc) is 2.93. The summed E-state index contributed by atoms with van der Waals surface area (Å²) in [6.07, 6.45) is 6.37. The Morgan fingerprint density at radius 3 is 2.90 bits per heavy atom. The van der Waals surface area contributed by atoms with Crippen molar-refractivity contribution in [3.63, 3.8) is 0 Å². The van der Waals surface area contributed by atoms with Gasteiger partial charge in [0.1, 0.15) is 12.4 Å². The molecule has 20 heavy (non-hydrogen) atoms. The van der Waals surface area contributed by atoms with Crippen molar-refractivity contribution in [3.8, 4) is 5.75 Å². The van der Waals surface area contributed by atoms with E-state index in [4.69, 9.17) is 4.74 Å². The van der Waals surface area contributed by atoms with Gasteiger partial charge in [-0.15, -0.1) is 0 Å². The summed E-state index contributed by atoms with van der Waals surface area (Å²) >= 11 is 0. The molecule has 2 heterocycles. The van der Waals surface area contributed by atoms with E-state index in [1.54, 1.807) is 6.20 Å². The van der Waals surface area contributed by atoms with E-state index in [-0.39, 0.29) is 0 Å². The van der Waals surface area contributed by atoms with Gasteiger partial charge in [0.25, 0.3) is 0 Å². The van der Waals surface area contributed by atoms with Crippen molar-refractivity contribution in [3.05, 3.63) is 24.0 Å². The van der Waals surface area contributed by atoms with Crippen LogP contribution in [0.4, 0.5) is 0 Å². The molecular formula is C16H27N3O. The maximum atomic E-state index is 5.93. The molecule has 1 aliphatic rings. The summed E-state index contributed by atoms with van der Waals surface area (Å²) in [6.45, 7) is 10.5. The maximum absolute atomic E-state index is 5.93. The minimum Gasteiger partial charge on any atom is -0.492 e. The molecule has 0 aliphatic carbocycles. The highest BCUT2D eigenvalue weighted by Gasteiger charge is 2.11. The fraction of sp³-hybridized carbons (Fsp3) is 0.688. The number of ether oxygens (including phenoxy) is 1. The van der Waals surface area contributed by atoms with Gasteiger partial charge in [-0.2, -0.15) is 0 Å². The van der Waals surface area contributed by atoms with Crippen LogP contribution in [-0.4, -0.2) is 42.7 Å². The number of likely N-dealkylation sites (tertiary alicyclic amines) is 1. The molecule has 2 rings (SSSR count). The molecule has 1 aromatic heterocycles. The van der Waals surface area contributed by atoms with Gasteiger partial charge in [0.2, 0.25) is 0 Å². The highest BCUT2D eigenvalue weighted by atomic mass is 16.5. The third-order valence-corrected chi connectivity index (χ3v) is 3.59. The fourth-order valence-corrected chi connectivity index (χ4v) is 2.47. The van der Waals surface area contributed by atoms with Crippen molar-refractivity contribution in [2.24, 2.45) is 5.92 Å². The second-order valence-electron chi connectivity index (χ2n) is 5.91. The van der Waals surface area contributed by atoms with Crippen LogP contribution in [0, 0.1) is 5.92 Å². The Morgan fingerprint density at radius 1 is 1.35 bits per heavy atom. The Bertz CT molecular complexity index is 389. The van der Waals surface area contributed by atoms with Crippen molar-refractivity contribution in [1.29, 1.82) is 0 Å². The Morgan fingerprint density at radius 2 is 2.15 bits per heavy atom. The lowest BCUT2D eigenvalue weighted by Gasteiger charge is -2.16. The summed E-state index contributed by atoms with van der Waals surface area (Å²) in [5, 5.41) is 3.44. The maximum Gasteiger partial charge on any atom is 0.126 e. The van der Waals surface area contributed by atoms with E-state index in [2.05, 4.69) is 29.0 Å². The summed E-state index contributed by atoms with van der Waals surface area (Å²) in [6, 6.07) is 1.97. The number of nitrogens with one attached hydrogen (secondary N) is 1. The minimum absolute atomic E-state index is 0.659. The van der Waals surface area contributed by atoms with Crippen molar-refractivity contribution < 1.29 is 4.74 Å². The Balaban J connectivity index is 1.77. The molecule has 1 aliphatic heterocycles. The first-order chi connectivity index (χ1) is 9.75. The number of hydrogen-bond donors (Lipinski definition) is 1. The van der Waals surface area contributed by atoms with E-state index in [1.165, 1.54) is 25.9 Å². The van der Waals surface area contributed by atoms with Crippen LogP contribution in [0.2, 0.25) is 0 Å². The van der Waals surface area contributed by atoms with Crippen LogP contribution in [0.5, 0.6) is 5.75 Å². The van der Waals surface area contributed by atoms with E-state index >= 15 is 0 Å². The first kappa shape index (κ1) is 15.3. The Kier molecular flexibility index (Phi) is 6.27. The fourth-order valence-electron chi connectivity index (χ4n) is 2.47. The van der Waals surface area contributed by atoms with Gasteiger partial charge in [-0.05, 0) is 44.5 Å². The molecule has 1 N–H and O–H groups in total. The topological polar surface area (TPSA) is 37.4 Å². The van der Waals surface area contributed by atoms with Crippen molar-refractivity contribution in [2.75, 3.05) is 32.8 Å². The third-order valence-electron chi connectivity index (χ3n) is 3.59. The number of pyridine rings is 1. The van der Waals surface area contributed by atoms with Gasteiger partial charge in [-0.3, -0.25) is 9.88 Å². The molecule has 112 valence electrons. The zero-order chi connectivity index (χ0) is 14.2. The summed E-state index contributed by atoms with van der Waals surface area (Å²) in [7, 11) is 0. The van der Waals surface area contributed by atoms with Crippen LogP contribution in [0.15, 0.2) is 18.5 Å². The van der Waals surface area contributed by atoms with Crippen LogP contribution in [0.3, 0.4) is 0 Å². The molecule has 0 saturated carbocycles. The Hall–Kier alpha value is -1.13. The van der Waals surface area contributed by atoms with Gasteiger partial charge in [0.15, 0.2) is 0 Å². The van der Waals surface area contributed by atoms with E-state index in [1.807, 2.05) is 12.3 Å². The number of hydrogen-bond acceptors (Lipinski definition) is 4. The monoisotopic (exact) mass is 277 g/mol. The van der Waals surface area contributed by atoms with Crippen molar-refractivity contribution in [1.82, 2.24) is 15.2 Å². The second kappa shape index (κ2) is 8.22. The van der Waals surface area contributed by atoms with Gasteiger partial charge < -0.3 is 10.1 Å². The van der Waals surface area contributed by atoms with Crippen LogP contribution in [0.1, 0.15) is 32.3 Å². The van der Waals surface area contributed by atoms with Gasteiger partial charge in [-0.1, -0.05) is 13.8 Å². The SMILES string of the molecule is CC(C)CNCc1cnccc1OCCN1CCCC1. The largest absolute Gasteiger partial charge is 0.492 e. The number of aromatic nitrogens is 1. The Labute approximate surface area is 122 Å². The van der Waals surface area contributed by atoms with Gasteiger partial charge >= 0.3 is 0 Å². The lowest BCUT2D eigenvalue weighted by atomic mass is 10.2. The van der Waals surface area contributed by atoms with Crippen LogP contribution in [0.25, 0.3) is 0 Å². The number of rotatable bonds is 8. The normalized spacial score (nSPS) is 15.9. The molecule has 0 radical (unpaired) electrons. The van der Waals surface area contributed by atoms with Crippen LogP contribution >= 0.6 is 0 Å². The average molecular weight is 277 g/mol. The first-order valence-corrected chi connectivity index (χ1v) is 7.74. The smallest absolute Gasteiger partial charge is 0.126 e. The molecule has 0 unspecified atom stereocenters. The van der Waals surface area contributed by atoms with Crippen molar-refractivity contribution >= 4 is 0 Å². The summed E-state index contributed by atoms with van der Waals surface area (Å²) in [4.78, 5) is 6.67. The highest BCUT2D eigenvalue weighted by Crippen LogP contribution is 2.16. The predicted octanol–water partition coefficient (Wildman–Crippen LogP) is 2.30. The molecule has 0 spiro atoms. The minimum atomic E-state index is 0.659. The van der Waals surface area contributed by atoms with E-state index in [9.17, 15) is 0 Å². The molecule has 0 atom stereocenters. The molecule has 4 nitrogen and oxygen atoms in total. The molecule has 1 saturated heterocycles. The van der Waals surface area contributed by atoms with E-state index < -0.39 is 0 Å². The lowest BCUT2D eigenvalue weighted by Crippen LogP contribution is -2.25. The number of nitrogens with zero attached hydrogens (tertiary/aromatic N) is 2. The molecule has 0 bridgehead atoms. The van der Waals surface area contributed by atoms with Gasteiger partial charge in [0, 0.05) is 31.0 Å². The zero-order valence-corrected chi connectivity index (χ0v) is 12.8. The highest BCUT2D eigenvalue weighted by molar-refractivity contribution is 5.29. The van der Waals surface area contributed by atoms with Crippen molar-refractivity contribution in [2.45, 2.75) is 33.2 Å². The summed E-state index contributed by atoms with van der Waals surface area (Å²) in [5.74, 6) is 1.63. The quantitative estimate of drug-likeness (QED) is 0.791. The zero-order valence-electron chi connectivity index (χ0n) is 12.8. The van der Waals surface area contributed by atoms with Gasteiger partial charge in [-0.25, -0.2) is 0 Å². The molecule has 1 fully saturated rings. The van der Waals surface area contributed by atoms with Gasteiger partial charge in [0.05, 0.1) is 0 Å². The van der Waals surface area contributed by atoms with E-state index in [0.717, 1.165) is 37.6 Å². The predicted molar refractivity (Wildman–Crippen MR) is 82.0 cm³/mol. The van der Waals surface area contributed by atoms with Crippen LogP contribution < -0.4 is 10.1 Å². The molecule has 4 heteroatoms. The third kappa shape index (κ3) is 5.10. The summed E-state index contributed by atoms with van der Waals surface area (Å²) in [5.41, 5.74) is 1.15. The molecule has 1 aromatic rings. The first-order valence-electron chi connectivity index (χ1n) is 7.74. The summed E-state index contributed by atoms with van der Waals surface area (Å²) < 4.78 is 5.93. The second-order valence-corrected chi connectivity index (χ2v) is 5.91. The molecule has 0 aromatic carbocycles. The molecular weight excluding hydrogens is 250 g/mol. The van der Waals surface area contributed by atoms with E-state index in [0.29, 0.717) is 5.92 Å². The lowest BCUT2D eigenvalue weighted by molar-refractivity contribution is 0.236. The molecule has 0 amide bonds. The standard InChI is InChI=1S/C16H27N3O/c1-14(2)11-18-13-15-12-17-6-5-16(15)20-10-9-19-7-3-4-8-19/h5-6,12,14,18H,3-4,7-11,13H2,1-2H3. The van der Waals surface area contributed by atoms with Crippen LogP contribution in [-0.2, 0) is 6.54 Å².